The maximum absolute atomic E-state index is 12.5. The summed E-state index contributed by atoms with van der Waals surface area (Å²) in [6, 6.07) is 5.69. The standard InChI is InChI=1S/C12H14F3N.C2H4O2/c13-12(14,15)10-5-3-4-9(8-10)11-6-1-2-7-16-11;1-2(3)4/h3-5,8,11,16H,1-2,6-7H2;1H3,(H,3,4). The molecule has 1 unspecified atom stereocenters. The van der Waals surface area contributed by atoms with E-state index in [1.54, 1.807) is 6.07 Å². The van der Waals surface area contributed by atoms with Crippen molar-refractivity contribution >= 4 is 5.97 Å². The topological polar surface area (TPSA) is 49.3 Å². The normalized spacial score (nSPS) is 18.9. The van der Waals surface area contributed by atoms with Crippen LogP contribution in [-0.2, 0) is 11.0 Å². The van der Waals surface area contributed by atoms with E-state index in [1.165, 1.54) is 12.1 Å². The van der Waals surface area contributed by atoms with E-state index in [-0.39, 0.29) is 6.04 Å². The SMILES string of the molecule is CC(=O)O.FC(F)(F)c1cccc(C2CCCCN2)c1. The zero-order valence-corrected chi connectivity index (χ0v) is 11.2. The van der Waals surface area contributed by atoms with Gasteiger partial charge in [-0.1, -0.05) is 18.6 Å². The predicted octanol–water partition coefficient (Wildman–Crippen LogP) is 3.61. The summed E-state index contributed by atoms with van der Waals surface area (Å²) in [6.07, 6.45) is -1.14. The number of carboxylic acids is 1. The molecule has 6 heteroatoms. The van der Waals surface area contributed by atoms with E-state index in [9.17, 15) is 13.2 Å². The van der Waals surface area contributed by atoms with Gasteiger partial charge in [0.15, 0.2) is 0 Å². The molecule has 20 heavy (non-hydrogen) atoms. The first-order chi connectivity index (χ1) is 9.30. The molecule has 1 aromatic rings. The van der Waals surface area contributed by atoms with Crippen LogP contribution in [0.15, 0.2) is 24.3 Å². The molecule has 0 amide bonds. The van der Waals surface area contributed by atoms with E-state index < -0.39 is 17.7 Å². The Balaban J connectivity index is 0.000000444. The first-order valence-corrected chi connectivity index (χ1v) is 6.41. The predicted molar refractivity (Wildman–Crippen MR) is 69.3 cm³/mol. The van der Waals surface area contributed by atoms with E-state index in [1.807, 2.05) is 0 Å². The molecule has 1 aromatic carbocycles. The zero-order valence-electron chi connectivity index (χ0n) is 11.2. The fraction of sp³-hybridized carbons (Fsp3) is 0.500. The average molecular weight is 289 g/mol. The van der Waals surface area contributed by atoms with Crippen LogP contribution in [0.25, 0.3) is 0 Å². The highest BCUT2D eigenvalue weighted by Crippen LogP contribution is 2.32. The maximum atomic E-state index is 12.5. The van der Waals surface area contributed by atoms with Crippen molar-refractivity contribution < 1.29 is 23.1 Å². The van der Waals surface area contributed by atoms with Crippen LogP contribution in [-0.4, -0.2) is 17.6 Å². The average Bonchev–Trinajstić information content (AvgIpc) is 2.38. The first-order valence-electron chi connectivity index (χ1n) is 6.41. The molecule has 2 N–H and O–H groups in total. The second-order valence-corrected chi connectivity index (χ2v) is 4.64. The van der Waals surface area contributed by atoms with Gasteiger partial charge in [0.2, 0.25) is 0 Å². The summed E-state index contributed by atoms with van der Waals surface area (Å²) in [5.74, 6) is -0.833. The minimum absolute atomic E-state index is 0.0797. The third-order valence-electron chi connectivity index (χ3n) is 2.93. The molecule has 1 aliphatic rings. The lowest BCUT2D eigenvalue weighted by Gasteiger charge is -2.24. The van der Waals surface area contributed by atoms with Crippen molar-refractivity contribution in [3.8, 4) is 0 Å². The monoisotopic (exact) mass is 289 g/mol. The summed E-state index contributed by atoms with van der Waals surface area (Å²) < 4.78 is 37.5. The van der Waals surface area contributed by atoms with Crippen molar-refractivity contribution in [1.29, 1.82) is 0 Å². The van der Waals surface area contributed by atoms with Gasteiger partial charge in [-0.05, 0) is 37.1 Å². The number of carboxylic acid groups (broad SMARTS) is 1. The number of benzene rings is 1. The van der Waals surface area contributed by atoms with Crippen molar-refractivity contribution in [2.75, 3.05) is 6.54 Å². The molecule has 0 aliphatic carbocycles. The highest BCUT2D eigenvalue weighted by atomic mass is 19.4. The fourth-order valence-electron chi connectivity index (χ4n) is 2.07. The van der Waals surface area contributed by atoms with E-state index in [0.29, 0.717) is 0 Å². The van der Waals surface area contributed by atoms with Gasteiger partial charge in [0.05, 0.1) is 5.56 Å². The Labute approximate surface area is 115 Å². The van der Waals surface area contributed by atoms with Crippen LogP contribution in [0.4, 0.5) is 13.2 Å². The summed E-state index contributed by atoms with van der Waals surface area (Å²) in [5, 5.41) is 10.7. The van der Waals surface area contributed by atoms with Crippen molar-refractivity contribution in [3.05, 3.63) is 35.4 Å². The third-order valence-corrected chi connectivity index (χ3v) is 2.93. The van der Waals surface area contributed by atoms with Gasteiger partial charge in [-0.25, -0.2) is 0 Å². The molecule has 0 aromatic heterocycles. The number of hydrogen-bond acceptors (Lipinski definition) is 2. The first kappa shape index (κ1) is 16.5. The number of halogens is 3. The van der Waals surface area contributed by atoms with E-state index in [0.717, 1.165) is 44.4 Å². The number of nitrogens with one attached hydrogen (secondary N) is 1. The number of rotatable bonds is 1. The van der Waals surface area contributed by atoms with Crippen molar-refractivity contribution in [2.45, 2.75) is 38.4 Å². The highest BCUT2D eigenvalue weighted by Gasteiger charge is 2.31. The zero-order chi connectivity index (χ0) is 15.2. The van der Waals surface area contributed by atoms with Crippen molar-refractivity contribution in [1.82, 2.24) is 5.32 Å². The van der Waals surface area contributed by atoms with Gasteiger partial charge in [-0.15, -0.1) is 0 Å². The van der Waals surface area contributed by atoms with Crippen LogP contribution in [0.1, 0.15) is 43.4 Å². The summed E-state index contributed by atoms with van der Waals surface area (Å²) in [7, 11) is 0. The number of hydrogen-bond donors (Lipinski definition) is 2. The molecule has 3 nitrogen and oxygen atoms in total. The summed E-state index contributed by atoms with van der Waals surface area (Å²) in [4.78, 5) is 9.00. The van der Waals surface area contributed by atoms with Gasteiger partial charge < -0.3 is 10.4 Å². The number of aliphatic carboxylic acids is 1. The van der Waals surface area contributed by atoms with Crippen molar-refractivity contribution in [3.63, 3.8) is 0 Å². The minimum Gasteiger partial charge on any atom is -0.481 e. The summed E-state index contributed by atoms with van der Waals surface area (Å²) in [6.45, 7) is 1.97. The Morgan fingerprint density at radius 2 is 2.00 bits per heavy atom. The number of alkyl halides is 3. The van der Waals surface area contributed by atoms with Gasteiger partial charge in [0, 0.05) is 13.0 Å². The molecule has 1 atom stereocenters. The number of piperidine rings is 1. The van der Waals surface area contributed by atoms with Crippen LogP contribution in [0, 0.1) is 0 Å². The molecule has 1 fully saturated rings. The highest BCUT2D eigenvalue weighted by molar-refractivity contribution is 5.62. The Hall–Kier alpha value is -1.56. The molecule has 0 bridgehead atoms. The number of carbonyl (C=O) groups is 1. The quantitative estimate of drug-likeness (QED) is 0.830. The molecular formula is C14H18F3NO2. The maximum Gasteiger partial charge on any atom is 0.416 e. The smallest absolute Gasteiger partial charge is 0.416 e. The lowest BCUT2D eigenvalue weighted by atomic mass is 9.96. The van der Waals surface area contributed by atoms with Gasteiger partial charge in [0.25, 0.3) is 5.97 Å². The van der Waals surface area contributed by atoms with Crippen LogP contribution >= 0.6 is 0 Å². The largest absolute Gasteiger partial charge is 0.481 e. The Morgan fingerprint density at radius 3 is 2.50 bits per heavy atom. The molecule has 112 valence electrons. The fourth-order valence-corrected chi connectivity index (χ4v) is 2.07. The Bertz CT molecular complexity index is 436. The molecule has 1 heterocycles. The summed E-state index contributed by atoms with van der Waals surface area (Å²) in [5.41, 5.74) is 0.187. The minimum atomic E-state index is -4.25. The second kappa shape index (κ2) is 7.28. The van der Waals surface area contributed by atoms with Crippen LogP contribution < -0.4 is 5.32 Å². The van der Waals surface area contributed by atoms with Crippen LogP contribution in [0.5, 0.6) is 0 Å². The molecule has 0 radical (unpaired) electrons. The molecule has 2 rings (SSSR count). The molecule has 1 saturated heterocycles. The lowest BCUT2D eigenvalue weighted by Crippen LogP contribution is -2.27. The molecular weight excluding hydrogens is 271 g/mol. The van der Waals surface area contributed by atoms with Gasteiger partial charge >= 0.3 is 6.18 Å². The van der Waals surface area contributed by atoms with Crippen LogP contribution in [0.3, 0.4) is 0 Å². The molecule has 1 aliphatic heterocycles. The van der Waals surface area contributed by atoms with Crippen molar-refractivity contribution in [2.24, 2.45) is 0 Å². The summed E-state index contributed by atoms with van der Waals surface area (Å²) >= 11 is 0. The van der Waals surface area contributed by atoms with Gasteiger partial charge in [-0.2, -0.15) is 13.2 Å². The second-order valence-electron chi connectivity index (χ2n) is 4.64. The van der Waals surface area contributed by atoms with E-state index in [4.69, 9.17) is 9.90 Å². The Morgan fingerprint density at radius 1 is 1.35 bits per heavy atom. The lowest BCUT2D eigenvalue weighted by molar-refractivity contribution is -0.137. The third kappa shape index (κ3) is 5.61. The van der Waals surface area contributed by atoms with Crippen LogP contribution in [0.2, 0.25) is 0 Å². The molecule has 0 spiro atoms. The van der Waals surface area contributed by atoms with Gasteiger partial charge in [0.1, 0.15) is 0 Å². The van der Waals surface area contributed by atoms with Gasteiger partial charge in [-0.3, -0.25) is 4.79 Å². The Kier molecular flexibility index (Phi) is 6.01. The molecule has 0 saturated carbocycles. The van der Waals surface area contributed by atoms with E-state index >= 15 is 0 Å². The van der Waals surface area contributed by atoms with E-state index in [2.05, 4.69) is 5.32 Å².